The van der Waals surface area contributed by atoms with E-state index in [1.54, 1.807) is 11.5 Å². The van der Waals surface area contributed by atoms with E-state index in [9.17, 15) is 0 Å². The summed E-state index contributed by atoms with van der Waals surface area (Å²) in [4.78, 5) is 1.35. The topological polar surface area (TPSA) is 4.93 Å². The van der Waals surface area contributed by atoms with Crippen LogP contribution in [0.4, 0.5) is 0 Å². The third kappa shape index (κ3) is 0.842. The van der Waals surface area contributed by atoms with Gasteiger partial charge in [-0.15, -0.1) is 0 Å². The van der Waals surface area contributed by atoms with Crippen LogP contribution in [0.25, 0.3) is 5.70 Å². The number of aryl methyl sites for hydroxylation is 1. The Morgan fingerprint density at radius 3 is 2.50 bits per heavy atom. The minimum absolute atomic E-state index is 1.10. The molecule has 0 aliphatic rings. The maximum absolute atomic E-state index is 3.77. The fourth-order valence-corrected chi connectivity index (χ4v) is 1.18. The quantitative estimate of drug-likeness (QED) is 0.545. The molecule has 0 fully saturated rings. The van der Waals surface area contributed by atoms with Crippen molar-refractivity contribution in [2.75, 3.05) is 0 Å². The molecule has 0 bridgehead atoms. The Kier molecular flexibility index (Phi) is 1.26. The lowest BCUT2D eigenvalue weighted by molar-refractivity contribution is 1.16. The molecule has 0 aliphatic heterocycles. The Balaban J connectivity index is 2.73. The first-order chi connectivity index (χ1) is 3.70. The third-order valence-corrected chi connectivity index (χ3v) is 1.92. The Labute approximate surface area is 53.4 Å². The predicted molar refractivity (Wildman–Crippen MR) is 38.1 cm³/mol. The highest BCUT2D eigenvalue weighted by Crippen LogP contribution is 2.15. The minimum Gasteiger partial charge on any atom is -0.277 e. The van der Waals surface area contributed by atoms with E-state index >= 15 is 0 Å². The van der Waals surface area contributed by atoms with Crippen LogP contribution in [-0.4, -0.2) is 3.96 Å². The predicted octanol–water partition coefficient (Wildman–Crippen LogP) is 2.35. The van der Waals surface area contributed by atoms with Crippen molar-refractivity contribution < 1.29 is 0 Å². The second-order valence-corrected chi connectivity index (χ2v) is 3.11. The molecule has 44 valence electrons. The number of rotatable bonds is 1. The summed E-state index contributed by atoms with van der Waals surface area (Å²) in [6.07, 6.45) is 2.08. The SMILES string of the molecule is C=C(C)n1cc(C)s1. The Morgan fingerprint density at radius 2 is 2.38 bits per heavy atom. The van der Waals surface area contributed by atoms with Gasteiger partial charge in [-0.2, -0.15) is 0 Å². The molecular weight excluding hydrogens is 118 g/mol. The van der Waals surface area contributed by atoms with E-state index in [-0.39, 0.29) is 0 Å². The molecule has 0 amide bonds. The van der Waals surface area contributed by atoms with Crippen molar-refractivity contribution in [2.24, 2.45) is 0 Å². The number of aromatic nitrogens is 1. The van der Waals surface area contributed by atoms with Gasteiger partial charge in [-0.05, 0) is 13.8 Å². The summed E-state index contributed by atoms with van der Waals surface area (Å²) < 4.78 is 2.05. The summed E-state index contributed by atoms with van der Waals surface area (Å²) in [5.74, 6) is 0. The van der Waals surface area contributed by atoms with Crippen LogP contribution in [0, 0.1) is 6.92 Å². The van der Waals surface area contributed by atoms with E-state index < -0.39 is 0 Å². The van der Waals surface area contributed by atoms with Gasteiger partial charge in [-0.1, -0.05) is 18.1 Å². The van der Waals surface area contributed by atoms with Crippen molar-refractivity contribution >= 4 is 17.2 Å². The summed E-state index contributed by atoms with van der Waals surface area (Å²) >= 11 is 1.73. The van der Waals surface area contributed by atoms with E-state index in [2.05, 4.69) is 23.7 Å². The molecule has 1 nitrogen and oxygen atoms in total. The minimum atomic E-state index is 1.10. The van der Waals surface area contributed by atoms with Crippen molar-refractivity contribution in [1.82, 2.24) is 3.96 Å². The Hall–Kier alpha value is -0.500. The molecule has 1 aromatic heterocycles. The number of nitrogens with zero attached hydrogens (tertiary/aromatic N) is 1. The van der Waals surface area contributed by atoms with Crippen molar-refractivity contribution in [2.45, 2.75) is 13.8 Å². The van der Waals surface area contributed by atoms with Crippen LogP contribution in [0.1, 0.15) is 11.8 Å². The Morgan fingerprint density at radius 1 is 1.88 bits per heavy atom. The fourth-order valence-electron chi connectivity index (χ4n) is 0.509. The molecule has 1 heterocycles. The lowest BCUT2D eigenvalue weighted by Gasteiger charge is -2.08. The van der Waals surface area contributed by atoms with Gasteiger partial charge in [0.05, 0.1) is 0 Å². The zero-order chi connectivity index (χ0) is 6.15. The van der Waals surface area contributed by atoms with Crippen LogP contribution in [0.3, 0.4) is 0 Å². The first-order valence-electron chi connectivity index (χ1n) is 2.51. The van der Waals surface area contributed by atoms with Crippen LogP contribution in [0.15, 0.2) is 12.8 Å². The van der Waals surface area contributed by atoms with Crippen LogP contribution < -0.4 is 0 Å². The fraction of sp³-hybridized carbons (Fsp3) is 0.333. The molecule has 1 aromatic rings. The monoisotopic (exact) mass is 127 g/mol. The highest BCUT2D eigenvalue weighted by atomic mass is 32.1. The van der Waals surface area contributed by atoms with Gasteiger partial charge in [0, 0.05) is 16.8 Å². The number of hydrogen-bond acceptors (Lipinski definition) is 1. The van der Waals surface area contributed by atoms with E-state index in [0.29, 0.717) is 0 Å². The molecule has 0 N–H and O–H groups in total. The molecule has 2 heteroatoms. The van der Waals surface area contributed by atoms with Crippen LogP contribution in [-0.2, 0) is 0 Å². The van der Waals surface area contributed by atoms with Gasteiger partial charge in [-0.3, -0.25) is 3.96 Å². The van der Waals surface area contributed by atoms with Crippen molar-refractivity contribution in [1.29, 1.82) is 0 Å². The number of hydrogen-bond donors (Lipinski definition) is 0. The molecule has 0 atom stereocenters. The summed E-state index contributed by atoms with van der Waals surface area (Å²) in [6.45, 7) is 7.86. The van der Waals surface area contributed by atoms with Gasteiger partial charge in [0.1, 0.15) is 0 Å². The van der Waals surface area contributed by atoms with Gasteiger partial charge in [0.25, 0.3) is 0 Å². The second-order valence-electron chi connectivity index (χ2n) is 1.89. The maximum atomic E-state index is 3.77. The zero-order valence-electron chi connectivity index (χ0n) is 5.14. The van der Waals surface area contributed by atoms with Gasteiger partial charge in [-0.25, -0.2) is 0 Å². The van der Waals surface area contributed by atoms with Crippen molar-refractivity contribution in [3.63, 3.8) is 0 Å². The molecular formula is C6H9NS. The van der Waals surface area contributed by atoms with Crippen LogP contribution in [0.5, 0.6) is 0 Å². The molecule has 8 heavy (non-hydrogen) atoms. The van der Waals surface area contributed by atoms with Crippen LogP contribution >= 0.6 is 11.5 Å². The largest absolute Gasteiger partial charge is 0.277 e. The average molecular weight is 127 g/mol. The smallest absolute Gasteiger partial charge is 0.0366 e. The molecule has 0 saturated heterocycles. The maximum Gasteiger partial charge on any atom is 0.0366 e. The van der Waals surface area contributed by atoms with E-state index in [4.69, 9.17) is 0 Å². The van der Waals surface area contributed by atoms with Gasteiger partial charge < -0.3 is 0 Å². The molecule has 0 saturated carbocycles. The third-order valence-electron chi connectivity index (χ3n) is 0.918. The summed E-state index contributed by atoms with van der Waals surface area (Å²) in [5.41, 5.74) is 1.10. The summed E-state index contributed by atoms with van der Waals surface area (Å²) in [7, 11) is 0. The van der Waals surface area contributed by atoms with Gasteiger partial charge in [0.2, 0.25) is 0 Å². The molecule has 0 unspecified atom stereocenters. The highest BCUT2D eigenvalue weighted by Gasteiger charge is 1.94. The zero-order valence-corrected chi connectivity index (χ0v) is 5.96. The average Bonchev–Trinajstić information content (AvgIpc) is 1.57. The van der Waals surface area contributed by atoms with Gasteiger partial charge in [0.15, 0.2) is 0 Å². The van der Waals surface area contributed by atoms with E-state index in [1.165, 1.54) is 4.88 Å². The molecule has 0 radical (unpaired) electrons. The van der Waals surface area contributed by atoms with E-state index in [1.807, 2.05) is 6.92 Å². The molecule has 1 rings (SSSR count). The molecule has 0 aliphatic carbocycles. The standard InChI is InChI=1S/C6H9NS/c1-5(2)7-4-6(3)8-7/h4H,1H2,2-3H3. The lowest BCUT2D eigenvalue weighted by Crippen LogP contribution is -1.93. The Bertz CT molecular complexity index is 183. The van der Waals surface area contributed by atoms with Crippen LogP contribution in [0.2, 0.25) is 0 Å². The second kappa shape index (κ2) is 1.78. The lowest BCUT2D eigenvalue weighted by atomic mass is 10.5. The molecule has 0 spiro atoms. The number of allylic oxidation sites excluding steroid dienone is 1. The normalized spacial score (nSPS) is 9.75. The first kappa shape index (κ1) is 5.63. The highest BCUT2D eigenvalue weighted by molar-refractivity contribution is 7.08. The summed E-state index contributed by atoms with van der Waals surface area (Å²) in [6, 6.07) is 0. The van der Waals surface area contributed by atoms with Crippen molar-refractivity contribution in [3.8, 4) is 0 Å². The molecule has 0 aromatic carbocycles. The first-order valence-corrected chi connectivity index (χ1v) is 3.28. The summed E-state index contributed by atoms with van der Waals surface area (Å²) in [5, 5.41) is 0. The van der Waals surface area contributed by atoms with Crippen molar-refractivity contribution in [3.05, 3.63) is 17.7 Å². The van der Waals surface area contributed by atoms with E-state index in [0.717, 1.165) is 5.70 Å². The van der Waals surface area contributed by atoms with Gasteiger partial charge >= 0.3 is 0 Å².